The van der Waals surface area contributed by atoms with Crippen LogP contribution in [-0.2, 0) is 16.8 Å². The van der Waals surface area contributed by atoms with E-state index in [1.807, 2.05) is 207 Å². The lowest BCUT2D eigenvalue weighted by atomic mass is 9.84. The molecule has 0 aromatic heterocycles. The second-order valence-corrected chi connectivity index (χ2v) is 18.8. The largest absolute Gasteiger partial charge is 0.384 e. The maximum absolute atomic E-state index is 11.5. The van der Waals surface area contributed by atoms with Crippen molar-refractivity contribution >= 4 is 21.5 Å². The first-order valence-corrected chi connectivity index (χ1v) is 24.6. The first kappa shape index (κ1) is 46.7. The van der Waals surface area contributed by atoms with E-state index in [2.05, 4.69) is 66.6 Å². The van der Waals surface area contributed by atoms with Gasteiger partial charge in [0.2, 0.25) is 0 Å². The van der Waals surface area contributed by atoms with Crippen LogP contribution in [0, 0.1) is 12.3 Å². The SMILES string of the molecule is C#CC1(O)c2ccccc2-c2ccccc21.CC1(O)c2ccccc2-c2ccccc21.OC(c1cccc2ccccc12)c1cccc2ccccc12.OC1(c2ccccc2)c2ccccc2-c2ccccc21. The summed E-state index contributed by atoms with van der Waals surface area (Å²) in [7, 11) is 0. The highest BCUT2D eigenvalue weighted by molar-refractivity contribution is 5.90. The first-order chi connectivity index (χ1) is 35.6. The Labute approximate surface area is 426 Å². The third-order valence-corrected chi connectivity index (χ3v) is 14.7. The van der Waals surface area contributed by atoms with Crippen LogP contribution in [-0.4, -0.2) is 20.4 Å². The molecule has 11 aromatic carbocycles. The Kier molecular flexibility index (Phi) is 12.3. The highest BCUT2D eigenvalue weighted by atomic mass is 16.3. The van der Waals surface area contributed by atoms with E-state index in [9.17, 15) is 20.4 Å². The summed E-state index contributed by atoms with van der Waals surface area (Å²) in [5, 5.41) is 48.0. The van der Waals surface area contributed by atoms with E-state index in [1.165, 1.54) is 0 Å². The van der Waals surface area contributed by atoms with Crippen LogP contribution < -0.4 is 0 Å². The van der Waals surface area contributed by atoms with Gasteiger partial charge < -0.3 is 20.4 Å². The van der Waals surface area contributed by atoms with E-state index < -0.39 is 22.9 Å². The highest BCUT2D eigenvalue weighted by Gasteiger charge is 2.43. The lowest BCUT2D eigenvalue weighted by Gasteiger charge is -2.26. The minimum Gasteiger partial charge on any atom is -0.384 e. The molecule has 11 aromatic rings. The number of hydrogen-bond donors (Lipinski definition) is 4. The van der Waals surface area contributed by atoms with Crippen molar-refractivity contribution < 1.29 is 20.4 Å². The van der Waals surface area contributed by atoms with Crippen molar-refractivity contribution in [2.75, 3.05) is 0 Å². The van der Waals surface area contributed by atoms with Gasteiger partial charge in [0, 0.05) is 22.3 Å². The predicted molar refractivity (Wildman–Crippen MR) is 297 cm³/mol. The number of hydrogen-bond acceptors (Lipinski definition) is 4. The number of aliphatic hydroxyl groups excluding tert-OH is 1. The smallest absolute Gasteiger partial charge is 0.177 e. The Hall–Kier alpha value is -8.66. The minimum atomic E-state index is -1.27. The van der Waals surface area contributed by atoms with E-state index in [1.54, 1.807) is 0 Å². The summed E-state index contributed by atoms with van der Waals surface area (Å²) < 4.78 is 0. The molecule has 352 valence electrons. The van der Waals surface area contributed by atoms with Gasteiger partial charge in [-0.2, -0.15) is 0 Å². The summed E-state index contributed by atoms with van der Waals surface area (Å²) >= 11 is 0. The fourth-order valence-electron chi connectivity index (χ4n) is 11.1. The Bertz CT molecular complexity index is 3630. The summed E-state index contributed by atoms with van der Waals surface area (Å²) in [6.45, 7) is 1.86. The summed E-state index contributed by atoms with van der Waals surface area (Å²) in [6.07, 6.45) is 4.87. The zero-order valence-corrected chi connectivity index (χ0v) is 40.3. The summed E-state index contributed by atoms with van der Waals surface area (Å²) in [4.78, 5) is 0. The standard InChI is InChI=1S/C21H16O.C19H14O.C15H10O.C14H12O/c22-21(19-13-5-9-15-7-1-3-11-17(15)19)20-14-6-10-16-8-2-4-12-18(16)20;20-19(14-8-2-1-3-9-14)17-12-6-4-10-15(17)16-11-5-7-13-18(16)19;1-2-15(16)13-9-5-3-7-11(13)12-8-4-6-10-14(12)15;1-14(15)12-8-4-2-6-10(12)11-7-3-5-9-13(11)14/h1-14,21-22H;1-13,20H;1,3-10,16H;2-9,15H,1H3. The van der Waals surface area contributed by atoms with Gasteiger partial charge >= 0.3 is 0 Å². The fourth-order valence-corrected chi connectivity index (χ4v) is 11.1. The lowest BCUT2D eigenvalue weighted by Crippen LogP contribution is -2.25. The maximum Gasteiger partial charge on any atom is 0.177 e. The van der Waals surface area contributed by atoms with Crippen molar-refractivity contribution in [2.45, 2.75) is 29.8 Å². The second-order valence-electron chi connectivity index (χ2n) is 18.8. The van der Waals surface area contributed by atoms with Crippen LogP contribution in [0.2, 0.25) is 0 Å². The van der Waals surface area contributed by atoms with Crippen molar-refractivity contribution in [3.8, 4) is 45.7 Å². The van der Waals surface area contributed by atoms with Crippen LogP contribution in [0.4, 0.5) is 0 Å². The topological polar surface area (TPSA) is 80.9 Å². The number of terminal acetylenes is 1. The number of rotatable bonds is 3. The van der Waals surface area contributed by atoms with E-state index in [-0.39, 0.29) is 0 Å². The normalized spacial score (nSPS) is 14.0. The van der Waals surface area contributed by atoms with Crippen LogP contribution in [0.5, 0.6) is 0 Å². The number of fused-ring (bicyclic) bond motifs is 11. The van der Waals surface area contributed by atoms with Crippen LogP contribution in [0.15, 0.2) is 261 Å². The zero-order chi connectivity index (χ0) is 50.2. The van der Waals surface area contributed by atoms with Crippen molar-refractivity contribution in [3.63, 3.8) is 0 Å². The van der Waals surface area contributed by atoms with Crippen molar-refractivity contribution in [1.82, 2.24) is 0 Å². The molecule has 0 bridgehead atoms. The molecule has 4 N–H and O–H groups in total. The van der Waals surface area contributed by atoms with Gasteiger partial charge in [-0.25, -0.2) is 0 Å². The van der Waals surface area contributed by atoms with E-state index >= 15 is 0 Å². The lowest BCUT2D eigenvalue weighted by molar-refractivity contribution is 0.107. The molecule has 0 spiro atoms. The molecular formula is C69H52O4. The van der Waals surface area contributed by atoms with Gasteiger partial charge in [-0.3, -0.25) is 0 Å². The van der Waals surface area contributed by atoms with Gasteiger partial charge in [-0.1, -0.05) is 267 Å². The Balaban J connectivity index is 0.000000106. The average molecular weight is 945 g/mol. The fraction of sp³-hybridized carbons (Fsp3) is 0.0725. The molecule has 0 aliphatic heterocycles. The van der Waals surface area contributed by atoms with Gasteiger partial charge in [0.05, 0.1) is 0 Å². The Morgan fingerprint density at radius 1 is 0.342 bits per heavy atom. The van der Waals surface area contributed by atoms with E-state index in [0.29, 0.717) is 0 Å². The van der Waals surface area contributed by atoms with Gasteiger partial charge in [0.25, 0.3) is 0 Å². The minimum absolute atomic E-state index is 0.628. The first-order valence-electron chi connectivity index (χ1n) is 24.6. The monoisotopic (exact) mass is 944 g/mol. The Morgan fingerprint density at radius 3 is 1.05 bits per heavy atom. The quantitative estimate of drug-likeness (QED) is 0.133. The molecule has 0 saturated carbocycles. The van der Waals surface area contributed by atoms with E-state index in [4.69, 9.17) is 6.42 Å². The van der Waals surface area contributed by atoms with Crippen molar-refractivity contribution in [3.05, 3.63) is 311 Å². The van der Waals surface area contributed by atoms with Gasteiger partial charge in [-0.05, 0) is 89.7 Å². The molecule has 4 nitrogen and oxygen atoms in total. The zero-order valence-electron chi connectivity index (χ0n) is 40.3. The average Bonchev–Trinajstić information content (AvgIpc) is 3.98. The van der Waals surface area contributed by atoms with Gasteiger partial charge in [0.15, 0.2) is 5.60 Å². The number of aliphatic hydroxyl groups is 4. The summed E-state index contributed by atoms with van der Waals surface area (Å²) in [5.74, 6) is 2.51. The molecule has 0 radical (unpaired) electrons. The molecule has 4 heteroatoms. The molecule has 0 unspecified atom stereocenters. The van der Waals surface area contributed by atoms with E-state index in [0.717, 1.165) is 105 Å². The molecule has 0 fully saturated rings. The molecule has 3 aliphatic rings. The summed E-state index contributed by atoms with van der Waals surface area (Å²) in [5.41, 5.74) is 11.8. The molecule has 0 atom stereocenters. The highest BCUT2D eigenvalue weighted by Crippen LogP contribution is 2.51. The predicted octanol–water partition coefficient (Wildman–Crippen LogP) is 14.5. The van der Waals surface area contributed by atoms with Crippen LogP contribution in [0.1, 0.15) is 63.1 Å². The van der Waals surface area contributed by atoms with Crippen LogP contribution in [0.3, 0.4) is 0 Å². The molecule has 14 rings (SSSR count). The molecule has 0 saturated heterocycles. The third kappa shape index (κ3) is 8.02. The second kappa shape index (κ2) is 19.2. The molecular weight excluding hydrogens is 893 g/mol. The van der Waals surface area contributed by atoms with Crippen LogP contribution >= 0.6 is 0 Å². The van der Waals surface area contributed by atoms with Crippen molar-refractivity contribution in [2.24, 2.45) is 0 Å². The van der Waals surface area contributed by atoms with Crippen LogP contribution in [0.25, 0.3) is 54.9 Å². The molecule has 73 heavy (non-hydrogen) atoms. The molecule has 0 heterocycles. The molecule has 0 amide bonds. The van der Waals surface area contributed by atoms with Crippen molar-refractivity contribution in [1.29, 1.82) is 0 Å². The number of benzene rings is 11. The molecule has 3 aliphatic carbocycles. The maximum atomic E-state index is 11.5. The van der Waals surface area contributed by atoms with Gasteiger partial charge in [0.1, 0.15) is 17.3 Å². The summed E-state index contributed by atoms with van der Waals surface area (Å²) in [6, 6.07) is 86.2. The van der Waals surface area contributed by atoms with Gasteiger partial charge in [-0.15, -0.1) is 6.42 Å². The third-order valence-electron chi connectivity index (χ3n) is 14.7. The Morgan fingerprint density at radius 2 is 0.644 bits per heavy atom.